The second-order valence-electron chi connectivity index (χ2n) is 8.71. The van der Waals surface area contributed by atoms with E-state index in [0.29, 0.717) is 73.0 Å². The number of hydrogen-bond acceptors (Lipinski definition) is 9. The van der Waals surface area contributed by atoms with E-state index in [9.17, 15) is 19.5 Å². The Morgan fingerprint density at radius 3 is 2.24 bits per heavy atom. The molecule has 1 atom stereocenters. The first-order chi connectivity index (χ1) is 19.9. The number of carbonyl (C=O) groups is 3. The van der Waals surface area contributed by atoms with Crippen molar-refractivity contribution in [2.45, 2.75) is 32.0 Å². The molecule has 1 amide bonds. The van der Waals surface area contributed by atoms with E-state index in [0.717, 1.165) is 6.08 Å². The van der Waals surface area contributed by atoms with Crippen LogP contribution in [-0.2, 0) is 23.7 Å². The summed E-state index contributed by atoms with van der Waals surface area (Å²) in [5.74, 6) is 0.689. The lowest BCUT2D eigenvalue weighted by molar-refractivity contribution is -0.137. The van der Waals surface area contributed by atoms with Crippen molar-refractivity contribution in [3.63, 3.8) is 0 Å². The van der Waals surface area contributed by atoms with Crippen LogP contribution in [0.25, 0.3) is 0 Å². The van der Waals surface area contributed by atoms with Gasteiger partial charge in [0.05, 0.1) is 18.8 Å². The van der Waals surface area contributed by atoms with Crippen molar-refractivity contribution in [1.29, 1.82) is 0 Å². The topological polar surface area (TPSA) is 130 Å². The average Bonchev–Trinajstić information content (AvgIpc) is 2.99. The molecule has 3 rings (SSSR count). The van der Waals surface area contributed by atoms with Crippen LogP contribution in [0.3, 0.4) is 0 Å². The van der Waals surface area contributed by atoms with Gasteiger partial charge in [0.2, 0.25) is 6.29 Å². The third kappa shape index (κ3) is 10.7. The summed E-state index contributed by atoms with van der Waals surface area (Å²) in [6.07, 6.45) is 6.28. The van der Waals surface area contributed by atoms with Gasteiger partial charge in [-0.3, -0.25) is 5.32 Å². The number of unbranched alkanes of at least 4 members (excludes halogenated alkanes) is 1. The molecule has 0 saturated carbocycles. The number of nitrogens with one attached hydrogen (secondary N) is 1. The fourth-order valence-corrected chi connectivity index (χ4v) is 3.50. The van der Waals surface area contributed by atoms with E-state index in [4.69, 9.17) is 23.7 Å². The first-order valence-corrected chi connectivity index (χ1v) is 13.0. The highest BCUT2D eigenvalue weighted by atomic mass is 16.6. The van der Waals surface area contributed by atoms with E-state index in [1.807, 2.05) is 0 Å². The highest BCUT2D eigenvalue weighted by molar-refractivity contribution is 5.90. The number of aliphatic hydroxyl groups excluding tert-OH is 1. The van der Waals surface area contributed by atoms with Crippen molar-refractivity contribution in [1.82, 2.24) is 0 Å². The standard InChI is InChI=1S/C31H33NO9/c1-3-19-39-31(36)32-24-11-7-22(8-12-24)29(34)40-26-15-17-27(18-16-26)41-30(35)23-9-13-25(14-10-23)37-20-5-6-21-38-28(33)4-2/h3-4,7-15,17,29,34H,1-2,5-6,16,18-21H2,(H,32,36). The minimum atomic E-state index is -1.21. The highest BCUT2D eigenvalue weighted by Gasteiger charge is 2.17. The molecular weight excluding hydrogens is 530 g/mol. The maximum absolute atomic E-state index is 12.5. The minimum absolute atomic E-state index is 0.102. The fourth-order valence-electron chi connectivity index (χ4n) is 3.50. The Kier molecular flexibility index (Phi) is 12.2. The number of anilines is 1. The number of ether oxygens (including phenoxy) is 5. The van der Waals surface area contributed by atoms with Crippen LogP contribution in [0, 0.1) is 0 Å². The van der Waals surface area contributed by atoms with Gasteiger partial charge in [0, 0.05) is 30.2 Å². The lowest BCUT2D eigenvalue weighted by Crippen LogP contribution is -2.13. The van der Waals surface area contributed by atoms with E-state index >= 15 is 0 Å². The van der Waals surface area contributed by atoms with Gasteiger partial charge in [-0.15, -0.1) is 0 Å². The lowest BCUT2D eigenvalue weighted by Gasteiger charge is -2.19. The van der Waals surface area contributed by atoms with Crippen molar-refractivity contribution in [3.8, 4) is 5.75 Å². The number of hydrogen-bond donors (Lipinski definition) is 2. The summed E-state index contributed by atoms with van der Waals surface area (Å²) in [6, 6.07) is 13.1. The van der Waals surface area contributed by atoms with E-state index < -0.39 is 24.3 Å². The third-order valence-corrected chi connectivity index (χ3v) is 5.64. The lowest BCUT2D eigenvalue weighted by atomic mass is 10.1. The number of benzene rings is 2. The Bertz CT molecular complexity index is 1260. The number of esters is 2. The number of aliphatic hydroxyl groups is 1. The largest absolute Gasteiger partial charge is 0.494 e. The first kappa shape index (κ1) is 30.7. The zero-order chi connectivity index (χ0) is 29.5. The van der Waals surface area contributed by atoms with Crippen molar-refractivity contribution in [3.05, 3.63) is 109 Å². The molecule has 10 heteroatoms. The molecule has 0 bridgehead atoms. The van der Waals surface area contributed by atoms with Gasteiger partial charge in [-0.2, -0.15) is 0 Å². The van der Waals surface area contributed by atoms with Gasteiger partial charge in [0.1, 0.15) is 23.9 Å². The van der Waals surface area contributed by atoms with Crippen molar-refractivity contribution in [2.24, 2.45) is 0 Å². The maximum atomic E-state index is 12.5. The summed E-state index contributed by atoms with van der Waals surface area (Å²) in [5.41, 5.74) is 1.38. The average molecular weight is 564 g/mol. The second kappa shape index (κ2) is 16.3. The van der Waals surface area contributed by atoms with Gasteiger partial charge in [-0.1, -0.05) is 31.4 Å². The smallest absolute Gasteiger partial charge is 0.411 e. The van der Waals surface area contributed by atoms with Gasteiger partial charge >= 0.3 is 18.0 Å². The molecule has 0 saturated heterocycles. The van der Waals surface area contributed by atoms with Crippen LogP contribution in [0.15, 0.2) is 97.5 Å². The molecule has 1 aliphatic rings. The summed E-state index contributed by atoms with van der Waals surface area (Å²) in [4.78, 5) is 35.1. The molecule has 2 aromatic carbocycles. The van der Waals surface area contributed by atoms with Gasteiger partial charge in [0.25, 0.3) is 0 Å². The predicted molar refractivity (Wildman–Crippen MR) is 151 cm³/mol. The van der Waals surface area contributed by atoms with Gasteiger partial charge < -0.3 is 28.8 Å². The molecule has 1 unspecified atom stereocenters. The molecule has 0 fully saturated rings. The number of allylic oxidation sites excluding steroid dienone is 4. The van der Waals surface area contributed by atoms with Crippen LogP contribution in [0.2, 0.25) is 0 Å². The molecule has 2 aromatic rings. The molecule has 0 aromatic heterocycles. The van der Waals surface area contributed by atoms with Crippen LogP contribution in [0.5, 0.6) is 5.75 Å². The summed E-state index contributed by atoms with van der Waals surface area (Å²) in [6.45, 7) is 7.67. The predicted octanol–water partition coefficient (Wildman–Crippen LogP) is 5.74. The number of amides is 1. The Balaban J connectivity index is 1.41. The molecule has 0 radical (unpaired) electrons. The normalized spacial score (nSPS) is 13.0. The monoisotopic (exact) mass is 563 g/mol. The van der Waals surface area contributed by atoms with Crippen LogP contribution in [0.1, 0.15) is 47.9 Å². The zero-order valence-corrected chi connectivity index (χ0v) is 22.6. The van der Waals surface area contributed by atoms with E-state index in [1.165, 1.54) is 6.08 Å². The molecule has 2 N–H and O–H groups in total. The molecule has 41 heavy (non-hydrogen) atoms. The van der Waals surface area contributed by atoms with Crippen LogP contribution in [-0.4, -0.2) is 43.0 Å². The fraction of sp³-hybridized carbons (Fsp3) is 0.258. The number of carbonyl (C=O) groups excluding carboxylic acids is 3. The van der Waals surface area contributed by atoms with E-state index in [1.54, 1.807) is 60.7 Å². The van der Waals surface area contributed by atoms with Crippen LogP contribution < -0.4 is 10.1 Å². The highest BCUT2D eigenvalue weighted by Crippen LogP contribution is 2.27. The third-order valence-electron chi connectivity index (χ3n) is 5.64. The molecule has 1 aliphatic carbocycles. The molecular formula is C31H33NO9. The first-order valence-electron chi connectivity index (χ1n) is 13.0. The van der Waals surface area contributed by atoms with Crippen molar-refractivity contribution >= 4 is 23.7 Å². The number of rotatable bonds is 15. The molecule has 0 aliphatic heterocycles. The van der Waals surface area contributed by atoms with Crippen molar-refractivity contribution < 1.29 is 43.2 Å². The van der Waals surface area contributed by atoms with Crippen molar-refractivity contribution in [2.75, 3.05) is 25.1 Å². The summed E-state index contributed by atoms with van der Waals surface area (Å²) < 4.78 is 26.5. The van der Waals surface area contributed by atoms with Gasteiger partial charge in [-0.25, -0.2) is 14.4 Å². The van der Waals surface area contributed by atoms with E-state index in [-0.39, 0.29) is 6.61 Å². The van der Waals surface area contributed by atoms with Crippen LogP contribution in [0.4, 0.5) is 10.5 Å². The molecule has 0 spiro atoms. The molecule has 10 nitrogen and oxygen atoms in total. The SMILES string of the molecule is C=CCOC(=O)Nc1ccc(C(O)OC2=CC=C(OC(=O)c3ccc(OCCCCOC(=O)C=C)cc3)CC2)cc1. The van der Waals surface area contributed by atoms with Gasteiger partial charge in [-0.05, 0) is 61.4 Å². The zero-order valence-electron chi connectivity index (χ0n) is 22.6. The van der Waals surface area contributed by atoms with Gasteiger partial charge in [0.15, 0.2) is 0 Å². The summed E-state index contributed by atoms with van der Waals surface area (Å²) >= 11 is 0. The van der Waals surface area contributed by atoms with Crippen LogP contribution >= 0.6 is 0 Å². The maximum Gasteiger partial charge on any atom is 0.411 e. The minimum Gasteiger partial charge on any atom is -0.494 e. The quantitative estimate of drug-likeness (QED) is 0.0696. The second-order valence-corrected chi connectivity index (χ2v) is 8.71. The Hall–Kier alpha value is -4.83. The Morgan fingerprint density at radius 1 is 0.902 bits per heavy atom. The molecule has 0 heterocycles. The Morgan fingerprint density at radius 2 is 1.59 bits per heavy atom. The summed E-state index contributed by atoms with van der Waals surface area (Å²) in [5, 5.41) is 13.0. The Labute approximate surface area is 238 Å². The van der Waals surface area contributed by atoms with E-state index in [2.05, 4.69) is 18.5 Å². The molecule has 216 valence electrons. The summed E-state index contributed by atoms with van der Waals surface area (Å²) in [7, 11) is 0.